The van der Waals surface area contributed by atoms with E-state index < -0.39 is 6.10 Å². The summed E-state index contributed by atoms with van der Waals surface area (Å²) in [5, 5.41) is 0. The van der Waals surface area contributed by atoms with Gasteiger partial charge in [-0.25, -0.2) is 4.79 Å². The molecule has 0 aromatic heterocycles. The fraction of sp³-hybridized carbons (Fsp3) is 0.125. The van der Waals surface area contributed by atoms with Crippen LogP contribution in [0.3, 0.4) is 0 Å². The standard InChI is InChI=1S/C16H13NO3/c17-11-7-5-10(6-8-11)14(18)9-15-12-3-1-2-4-13(12)16(19)20-15/h1-8,15H,9,17H2. The average molecular weight is 267 g/mol. The summed E-state index contributed by atoms with van der Waals surface area (Å²) in [5.41, 5.74) is 8.09. The third kappa shape index (κ3) is 2.16. The van der Waals surface area contributed by atoms with Crippen LogP contribution in [0.15, 0.2) is 48.5 Å². The highest BCUT2D eigenvalue weighted by molar-refractivity contribution is 5.99. The lowest BCUT2D eigenvalue weighted by Gasteiger charge is -2.09. The Morgan fingerprint density at radius 2 is 1.80 bits per heavy atom. The highest BCUT2D eigenvalue weighted by Crippen LogP contribution is 2.33. The van der Waals surface area contributed by atoms with Crippen LogP contribution in [0.5, 0.6) is 0 Å². The number of carbonyl (C=O) groups is 2. The van der Waals surface area contributed by atoms with Crippen molar-refractivity contribution in [1.82, 2.24) is 0 Å². The minimum Gasteiger partial charge on any atom is -0.453 e. The summed E-state index contributed by atoms with van der Waals surface area (Å²) in [5.74, 6) is -0.435. The molecule has 0 fully saturated rings. The molecule has 1 heterocycles. The van der Waals surface area contributed by atoms with E-state index in [4.69, 9.17) is 10.5 Å². The maximum Gasteiger partial charge on any atom is 0.339 e. The Bertz CT molecular complexity index is 676. The van der Waals surface area contributed by atoms with Gasteiger partial charge in [0.25, 0.3) is 0 Å². The Balaban J connectivity index is 1.81. The molecule has 2 aromatic carbocycles. The van der Waals surface area contributed by atoms with Crippen molar-refractivity contribution in [3.8, 4) is 0 Å². The van der Waals surface area contributed by atoms with E-state index in [-0.39, 0.29) is 18.2 Å². The van der Waals surface area contributed by atoms with Crippen LogP contribution in [0.4, 0.5) is 5.69 Å². The Labute approximate surface area is 116 Å². The highest BCUT2D eigenvalue weighted by atomic mass is 16.5. The molecule has 2 aromatic rings. The number of benzene rings is 2. The van der Waals surface area contributed by atoms with Gasteiger partial charge in [0.2, 0.25) is 0 Å². The molecular weight excluding hydrogens is 254 g/mol. The lowest BCUT2D eigenvalue weighted by molar-refractivity contribution is 0.0367. The number of ketones is 1. The lowest BCUT2D eigenvalue weighted by Crippen LogP contribution is -2.07. The summed E-state index contributed by atoms with van der Waals surface area (Å²) in [6.45, 7) is 0. The monoisotopic (exact) mass is 267 g/mol. The van der Waals surface area contributed by atoms with Gasteiger partial charge in [-0.2, -0.15) is 0 Å². The Morgan fingerprint density at radius 3 is 2.55 bits per heavy atom. The van der Waals surface area contributed by atoms with E-state index in [2.05, 4.69) is 0 Å². The average Bonchev–Trinajstić information content (AvgIpc) is 2.77. The van der Waals surface area contributed by atoms with E-state index in [1.54, 1.807) is 36.4 Å². The van der Waals surface area contributed by atoms with Gasteiger partial charge in [-0.3, -0.25) is 4.79 Å². The number of fused-ring (bicyclic) bond motifs is 1. The lowest BCUT2D eigenvalue weighted by atomic mass is 9.98. The normalized spacial score (nSPS) is 16.6. The first kappa shape index (κ1) is 12.4. The Morgan fingerprint density at radius 1 is 1.10 bits per heavy atom. The van der Waals surface area contributed by atoms with Crippen molar-refractivity contribution in [2.75, 3.05) is 5.73 Å². The summed E-state index contributed by atoms with van der Waals surface area (Å²) in [4.78, 5) is 23.9. The molecule has 4 nitrogen and oxygen atoms in total. The molecule has 4 heteroatoms. The number of hydrogen-bond donors (Lipinski definition) is 1. The maximum atomic E-state index is 12.2. The van der Waals surface area contributed by atoms with Crippen molar-refractivity contribution in [1.29, 1.82) is 0 Å². The van der Waals surface area contributed by atoms with E-state index in [0.717, 1.165) is 5.56 Å². The highest BCUT2D eigenvalue weighted by Gasteiger charge is 2.32. The molecule has 0 radical (unpaired) electrons. The van der Waals surface area contributed by atoms with Gasteiger partial charge in [0, 0.05) is 16.8 Å². The van der Waals surface area contributed by atoms with Crippen LogP contribution in [0, 0.1) is 0 Å². The van der Waals surface area contributed by atoms with Crippen LogP contribution in [-0.2, 0) is 4.74 Å². The molecule has 0 bridgehead atoms. The number of ether oxygens (including phenoxy) is 1. The predicted molar refractivity (Wildman–Crippen MR) is 74.4 cm³/mol. The van der Waals surface area contributed by atoms with Crippen molar-refractivity contribution >= 4 is 17.4 Å². The molecule has 0 spiro atoms. The van der Waals surface area contributed by atoms with Gasteiger partial charge in [-0.1, -0.05) is 18.2 Å². The third-order valence-electron chi connectivity index (χ3n) is 3.38. The quantitative estimate of drug-likeness (QED) is 0.527. The van der Waals surface area contributed by atoms with Gasteiger partial charge >= 0.3 is 5.97 Å². The molecule has 2 N–H and O–H groups in total. The number of nitrogens with two attached hydrogens (primary N) is 1. The smallest absolute Gasteiger partial charge is 0.339 e. The molecule has 0 amide bonds. The number of cyclic esters (lactones) is 1. The summed E-state index contributed by atoms with van der Waals surface area (Å²) in [6.07, 6.45) is -0.351. The number of nitrogen functional groups attached to an aromatic ring is 1. The number of anilines is 1. The Hall–Kier alpha value is -2.62. The van der Waals surface area contributed by atoms with Crippen molar-refractivity contribution in [3.05, 3.63) is 65.2 Å². The van der Waals surface area contributed by atoms with Gasteiger partial charge in [0.1, 0.15) is 6.10 Å². The van der Waals surface area contributed by atoms with E-state index in [0.29, 0.717) is 16.8 Å². The molecule has 0 aliphatic carbocycles. The zero-order valence-electron chi connectivity index (χ0n) is 10.7. The molecule has 0 saturated heterocycles. The number of Topliss-reactive ketones (excluding diaryl/α,β-unsaturated/α-hetero) is 1. The first-order chi connectivity index (χ1) is 9.65. The molecule has 20 heavy (non-hydrogen) atoms. The molecular formula is C16H13NO3. The van der Waals surface area contributed by atoms with Crippen molar-refractivity contribution < 1.29 is 14.3 Å². The zero-order chi connectivity index (χ0) is 14.1. The largest absolute Gasteiger partial charge is 0.453 e. The molecule has 3 rings (SSSR count). The second-order valence-corrected chi connectivity index (χ2v) is 4.73. The Kier molecular flexibility index (Phi) is 2.99. The van der Waals surface area contributed by atoms with Crippen LogP contribution in [-0.4, -0.2) is 11.8 Å². The third-order valence-corrected chi connectivity index (χ3v) is 3.38. The van der Waals surface area contributed by atoms with Crippen LogP contribution in [0.25, 0.3) is 0 Å². The summed E-state index contributed by atoms with van der Waals surface area (Å²) in [7, 11) is 0. The first-order valence-electron chi connectivity index (χ1n) is 6.34. The fourth-order valence-corrected chi connectivity index (χ4v) is 2.33. The van der Waals surface area contributed by atoms with E-state index in [9.17, 15) is 9.59 Å². The van der Waals surface area contributed by atoms with Gasteiger partial charge in [-0.05, 0) is 30.3 Å². The minimum atomic E-state index is -0.497. The van der Waals surface area contributed by atoms with Gasteiger partial charge in [0.15, 0.2) is 5.78 Å². The number of hydrogen-bond acceptors (Lipinski definition) is 4. The van der Waals surface area contributed by atoms with Crippen molar-refractivity contribution in [2.45, 2.75) is 12.5 Å². The van der Waals surface area contributed by atoms with Gasteiger partial charge < -0.3 is 10.5 Å². The topological polar surface area (TPSA) is 69.4 Å². The van der Waals surface area contributed by atoms with Crippen LogP contribution < -0.4 is 5.73 Å². The van der Waals surface area contributed by atoms with E-state index in [1.807, 2.05) is 12.1 Å². The summed E-state index contributed by atoms with van der Waals surface area (Å²) in [6, 6.07) is 13.9. The van der Waals surface area contributed by atoms with Gasteiger partial charge in [-0.15, -0.1) is 0 Å². The summed E-state index contributed by atoms with van der Waals surface area (Å²) >= 11 is 0. The molecule has 1 aliphatic rings. The van der Waals surface area contributed by atoms with Crippen LogP contribution >= 0.6 is 0 Å². The number of rotatable bonds is 3. The molecule has 1 aliphatic heterocycles. The molecule has 100 valence electrons. The first-order valence-corrected chi connectivity index (χ1v) is 6.34. The predicted octanol–water partition coefficient (Wildman–Crippen LogP) is 2.75. The van der Waals surface area contributed by atoms with Crippen molar-refractivity contribution in [2.24, 2.45) is 0 Å². The maximum absolute atomic E-state index is 12.2. The molecule has 1 unspecified atom stereocenters. The zero-order valence-corrected chi connectivity index (χ0v) is 10.7. The molecule has 1 atom stereocenters. The van der Waals surface area contributed by atoms with E-state index in [1.165, 1.54) is 0 Å². The van der Waals surface area contributed by atoms with Crippen LogP contribution in [0.2, 0.25) is 0 Å². The van der Waals surface area contributed by atoms with Crippen LogP contribution in [0.1, 0.15) is 38.8 Å². The van der Waals surface area contributed by atoms with E-state index >= 15 is 0 Å². The minimum absolute atomic E-state index is 0.0699. The fourth-order valence-electron chi connectivity index (χ4n) is 2.33. The second kappa shape index (κ2) is 4.81. The number of esters is 1. The molecule has 0 saturated carbocycles. The summed E-state index contributed by atoms with van der Waals surface area (Å²) < 4.78 is 5.26. The SMILES string of the molecule is Nc1ccc(C(=O)CC2OC(=O)c3ccccc32)cc1. The van der Waals surface area contributed by atoms with Crippen molar-refractivity contribution in [3.63, 3.8) is 0 Å². The second-order valence-electron chi connectivity index (χ2n) is 4.73. The van der Waals surface area contributed by atoms with Gasteiger partial charge in [0.05, 0.1) is 12.0 Å². The number of carbonyl (C=O) groups excluding carboxylic acids is 2.